The Kier molecular flexibility index (Phi) is 10.7. The molecule has 0 radical (unpaired) electrons. The van der Waals surface area contributed by atoms with E-state index in [0.717, 1.165) is 23.8 Å². The maximum absolute atomic E-state index is 12.4. The average molecular weight is 534 g/mol. The summed E-state index contributed by atoms with van der Waals surface area (Å²) in [6.45, 7) is 6.68. The number of carbonyl (C=O) groups is 2. The summed E-state index contributed by atoms with van der Waals surface area (Å²) in [6, 6.07) is 30.4. The van der Waals surface area contributed by atoms with Crippen molar-refractivity contribution in [2.75, 3.05) is 19.8 Å². The van der Waals surface area contributed by atoms with E-state index in [1.807, 2.05) is 24.3 Å². The number of ether oxygens (including phenoxy) is 3. The summed E-state index contributed by atoms with van der Waals surface area (Å²) in [6.07, 6.45) is 1.46. The molecule has 0 saturated carbocycles. The number of carbonyl (C=O) groups excluding carboxylic acids is 2. The van der Waals surface area contributed by atoms with Crippen LogP contribution in [0.3, 0.4) is 0 Å². The molecule has 0 spiro atoms. The maximum Gasteiger partial charge on any atom is 0.337 e. The van der Waals surface area contributed by atoms with Gasteiger partial charge in [-0.2, -0.15) is 0 Å². The van der Waals surface area contributed by atoms with Crippen LogP contribution in [0.5, 0.6) is 5.75 Å². The average Bonchev–Trinajstić information content (AvgIpc) is 2.95. The van der Waals surface area contributed by atoms with Gasteiger partial charge in [0.1, 0.15) is 13.8 Å². The summed E-state index contributed by atoms with van der Waals surface area (Å²) in [7, 11) is -1.88. The van der Waals surface area contributed by atoms with E-state index < -0.39 is 25.6 Å². The van der Waals surface area contributed by atoms with Crippen molar-refractivity contribution in [1.82, 2.24) is 0 Å². The van der Waals surface area contributed by atoms with Crippen molar-refractivity contribution in [3.63, 3.8) is 0 Å². The topological polar surface area (TPSA) is 87.9 Å². The zero-order chi connectivity index (χ0) is 27.4. The third-order valence-electron chi connectivity index (χ3n) is 6.92. The Morgan fingerprint density at radius 3 is 1.76 bits per heavy atom. The molecule has 0 bridgehead atoms. The van der Waals surface area contributed by atoms with Gasteiger partial charge >= 0.3 is 11.9 Å². The van der Waals surface area contributed by atoms with E-state index in [-0.39, 0.29) is 19.6 Å². The SMILES string of the molecule is CCOC(=O)C(N)(CCc1ccc(OCCC[Si](C)(c2ccccc2)c2ccccc2)cc1)C(=O)OCC. The standard InChI is InChI=1S/C31H39NO5Si/c1-4-35-29(33)31(32,30(34)36-5-2)22-21-25-17-19-26(20-18-25)37-23-12-24-38(3,27-13-8-6-9-14-27)28-15-10-7-11-16-28/h6-11,13-20H,4-5,12,21-24,32H2,1-3H3. The fourth-order valence-electron chi connectivity index (χ4n) is 4.58. The molecule has 0 aliphatic heterocycles. The van der Waals surface area contributed by atoms with Gasteiger partial charge in [0, 0.05) is 0 Å². The van der Waals surface area contributed by atoms with E-state index in [0.29, 0.717) is 13.0 Å². The first-order valence-corrected chi connectivity index (χ1v) is 16.0. The molecule has 0 aliphatic carbocycles. The summed E-state index contributed by atoms with van der Waals surface area (Å²) in [4.78, 5) is 24.8. The predicted molar refractivity (Wildman–Crippen MR) is 154 cm³/mol. The number of hydrogen-bond donors (Lipinski definition) is 1. The van der Waals surface area contributed by atoms with Crippen LogP contribution in [-0.2, 0) is 25.5 Å². The van der Waals surface area contributed by atoms with Crippen LogP contribution in [0.4, 0.5) is 0 Å². The van der Waals surface area contributed by atoms with Gasteiger partial charge in [0.25, 0.3) is 0 Å². The second-order valence-corrected chi connectivity index (χ2v) is 13.9. The van der Waals surface area contributed by atoms with Crippen LogP contribution in [0.2, 0.25) is 12.6 Å². The molecule has 3 aromatic rings. The molecule has 0 unspecified atom stereocenters. The summed E-state index contributed by atoms with van der Waals surface area (Å²) in [5, 5.41) is 2.86. The third kappa shape index (κ3) is 7.33. The lowest BCUT2D eigenvalue weighted by molar-refractivity contribution is -0.164. The Hall–Kier alpha value is -3.42. The Labute approximate surface area is 227 Å². The number of nitrogens with two attached hydrogens (primary N) is 1. The van der Waals surface area contributed by atoms with Crippen LogP contribution in [0.25, 0.3) is 0 Å². The van der Waals surface area contributed by atoms with Crippen molar-refractivity contribution in [3.05, 3.63) is 90.5 Å². The summed E-state index contributed by atoms with van der Waals surface area (Å²) < 4.78 is 16.1. The van der Waals surface area contributed by atoms with Crippen molar-refractivity contribution in [2.24, 2.45) is 5.73 Å². The minimum atomic E-state index is -1.88. The molecule has 0 atom stereocenters. The van der Waals surface area contributed by atoms with Crippen LogP contribution in [0.15, 0.2) is 84.9 Å². The van der Waals surface area contributed by atoms with Gasteiger partial charge in [0.2, 0.25) is 5.54 Å². The molecule has 0 fully saturated rings. The highest BCUT2D eigenvalue weighted by Gasteiger charge is 2.44. The molecule has 7 heteroatoms. The molecule has 0 saturated heterocycles. The lowest BCUT2D eigenvalue weighted by Crippen LogP contribution is -2.57. The number of hydrogen-bond acceptors (Lipinski definition) is 6. The van der Waals surface area contributed by atoms with Gasteiger partial charge in [0.05, 0.1) is 19.8 Å². The van der Waals surface area contributed by atoms with Crippen molar-refractivity contribution < 1.29 is 23.8 Å². The van der Waals surface area contributed by atoms with Crippen LogP contribution in [0, 0.1) is 0 Å². The van der Waals surface area contributed by atoms with Crippen molar-refractivity contribution >= 4 is 30.4 Å². The highest BCUT2D eigenvalue weighted by molar-refractivity contribution is 7.01. The molecule has 0 aromatic heterocycles. The Balaban J connectivity index is 1.57. The second-order valence-electron chi connectivity index (χ2n) is 9.57. The minimum absolute atomic E-state index is 0.0903. The second kappa shape index (κ2) is 13.9. The summed E-state index contributed by atoms with van der Waals surface area (Å²) >= 11 is 0. The van der Waals surface area contributed by atoms with Gasteiger partial charge in [-0.1, -0.05) is 89.7 Å². The Morgan fingerprint density at radius 1 is 0.789 bits per heavy atom. The monoisotopic (exact) mass is 533 g/mol. The first-order valence-electron chi connectivity index (χ1n) is 13.3. The van der Waals surface area contributed by atoms with Gasteiger partial charge < -0.3 is 19.9 Å². The van der Waals surface area contributed by atoms with Crippen molar-refractivity contribution in [1.29, 1.82) is 0 Å². The first-order chi connectivity index (χ1) is 18.3. The fraction of sp³-hybridized carbons (Fsp3) is 0.355. The molecule has 2 N–H and O–H groups in total. The van der Waals surface area contributed by atoms with Crippen LogP contribution < -0.4 is 20.8 Å². The molecule has 3 rings (SSSR count). The molecule has 0 heterocycles. The third-order valence-corrected chi connectivity index (χ3v) is 11.5. The summed E-state index contributed by atoms with van der Waals surface area (Å²) in [5.74, 6) is -0.744. The van der Waals surface area contributed by atoms with Crippen LogP contribution in [-0.4, -0.2) is 45.4 Å². The molecule has 202 valence electrons. The lowest BCUT2D eigenvalue weighted by Gasteiger charge is -2.29. The molecule has 0 amide bonds. The first kappa shape index (κ1) is 29.1. The molecule has 6 nitrogen and oxygen atoms in total. The molecule has 0 aliphatic rings. The smallest absolute Gasteiger partial charge is 0.337 e. The van der Waals surface area contributed by atoms with E-state index in [1.165, 1.54) is 10.4 Å². The molecule has 3 aromatic carbocycles. The fourth-order valence-corrected chi connectivity index (χ4v) is 8.20. The quantitative estimate of drug-likeness (QED) is 0.145. The van der Waals surface area contributed by atoms with Crippen molar-refractivity contribution in [2.45, 2.75) is 51.2 Å². The molecular weight excluding hydrogens is 494 g/mol. The lowest BCUT2D eigenvalue weighted by atomic mass is 9.92. The highest BCUT2D eigenvalue weighted by Crippen LogP contribution is 2.20. The van der Waals surface area contributed by atoms with Gasteiger partial charge in [0.15, 0.2) is 0 Å². The maximum atomic E-state index is 12.4. The predicted octanol–water partition coefficient (Wildman–Crippen LogP) is 4.10. The number of rotatable bonds is 14. The highest BCUT2D eigenvalue weighted by atomic mass is 28.3. The number of aryl methyl sites for hydroxylation is 1. The van der Waals surface area contributed by atoms with Crippen LogP contribution in [0.1, 0.15) is 32.3 Å². The van der Waals surface area contributed by atoms with Gasteiger partial charge in [-0.3, -0.25) is 0 Å². The van der Waals surface area contributed by atoms with E-state index in [2.05, 4.69) is 67.2 Å². The zero-order valence-corrected chi connectivity index (χ0v) is 23.7. The van der Waals surface area contributed by atoms with Crippen LogP contribution >= 0.6 is 0 Å². The minimum Gasteiger partial charge on any atom is -0.494 e. The van der Waals surface area contributed by atoms with Gasteiger partial charge in [-0.15, -0.1) is 0 Å². The Morgan fingerprint density at radius 2 is 1.29 bits per heavy atom. The number of esters is 2. The van der Waals surface area contributed by atoms with E-state index in [9.17, 15) is 9.59 Å². The van der Waals surface area contributed by atoms with E-state index in [4.69, 9.17) is 19.9 Å². The zero-order valence-electron chi connectivity index (χ0n) is 22.7. The van der Waals surface area contributed by atoms with E-state index in [1.54, 1.807) is 13.8 Å². The largest absolute Gasteiger partial charge is 0.494 e. The number of benzene rings is 3. The Bertz CT molecular complexity index is 1090. The van der Waals surface area contributed by atoms with Crippen molar-refractivity contribution in [3.8, 4) is 5.75 Å². The van der Waals surface area contributed by atoms with Gasteiger partial charge in [-0.25, -0.2) is 9.59 Å². The normalized spacial score (nSPS) is 11.6. The molecule has 38 heavy (non-hydrogen) atoms. The van der Waals surface area contributed by atoms with Gasteiger partial charge in [-0.05, 0) is 56.9 Å². The van der Waals surface area contributed by atoms with E-state index >= 15 is 0 Å². The summed E-state index contributed by atoms with van der Waals surface area (Å²) in [5.41, 5.74) is 5.28. The molecular formula is C31H39NO5Si.